The molecule has 0 saturated heterocycles. The average Bonchev–Trinajstić information content (AvgIpc) is 2.20. The minimum atomic E-state index is -0.410. The predicted molar refractivity (Wildman–Crippen MR) is 56.2 cm³/mol. The Hall–Kier alpha value is -1.90. The molecule has 1 aromatic carbocycles. The molecule has 72 valence electrons. The minimum Gasteiger partial charge on any atom is -0.258 e. The summed E-state index contributed by atoms with van der Waals surface area (Å²) in [5.74, 6) is -0.0325. The van der Waals surface area contributed by atoms with Crippen LogP contribution >= 0.6 is 0 Å². The topological polar surface area (TPSA) is 43.1 Å². The Balaban J connectivity index is 3.09. The molecule has 14 heavy (non-hydrogen) atoms. The van der Waals surface area contributed by atoms with Gasteiger partial charge in [-0.1, -0.05) is 24.3 Å². The summed E-state index contributed by atoms with van der Waals surface area (Å²) < 4.78 is 0. The van der Waals surface area contributed by atoms with Crippen molar-refractivity contribution in [3.63, 3.8) is 0 Å². The van der Waals surface area contributed by atoms with E-state index in [9.17, 15) is 10.1 Å². The van der Waals surface area contributed by atoms with Crippen molar-refractivity contribution in [1.29, 1.82) is 0 Å². The number of rotatable bonds is 4. The van der Waals surface area contributed by atoms with Crippen molar-refractivity contribution in [2.24, 2.45) is 0 Å². The van der Waals surface area contributed by atoms with Gasteiger partial charge in [-0.2, -0.15) is 0 Å². The highest BCUT2D eigenvalue weighted by Crippen LogP contribution is 2.22. The first kappa shape index (κ1) is 10.2. The number of non-ortho nitro benzene ring substituents is 1. The smallest absolute Gasteiger partial charge is 0.258 e. The van der Waals surface area contributed by atoms with Crippen LogP contribution in [0.25, 0.3) is 0 Å². The largest absolute Gasteiger partial charge is 0.269 e. The van der Waals surface area contributed by atoms with Gasteiger partial charge in [0, 0.05) is 18.1 Å². The molecule has 0 radical (unpaired) electrons. The summed E-state index contributed by atoms with van der Waals surface area (Å²) in [5, 5.41) is 10.5. The Morgan fingerprint density at radius 1 is 1.36 bits per heavy atom. The summed E-state index contributed by atoms with van der Waals surface area (Å²) in [4.78, 5) is 10.1. The standard InChI is InChI=1S/C11H11NO2/c1-3-9(4-2)10-6-5-7-11(8-10)12(13)14/h3-9H,1-2H2. The van der Waals surface area contributed by atoms with E-state index >= 15 is 0 Å². The zero-order chi connectivity index (χ0) is 10.6. The zero-order valence-electron chi connectivity index (χ0n) is 7.72. The molecule has 0 aliphatic heterocycles. The maximum absolute atomic E-state index is 10.5. The summed E-state index contributed by atoms with van der Waals surface area (Å²) in [6, 6.07) is 6.48. The second-order valence-corrected chi connectivity index (χ2v) is 2.85. The van der Waals surface area contributed by atoms with Gasteiger partial charge in [0.05, 0.1) is 4.92 Å². The molecule has 0 atom stereocenters. The molecule has 0 spiro atoms. The Labute approximate surface area is 82.5 Å². The SMILES string of the molecule is C=CC(C=C)c1cccc([N+](=O)[O-])c1. The predicted octanol–water partition coefficient (Wildman–Crippen LogP) is 3.05. The van der Waals surface area contributed by atoms with Gasteiger partial charge in [-0.05, 0) is 5.56 Å². The van der Waals surface area contributed by atoms with Gasteiger partial charge in [0.1, 0.15) is 0 Å². The first-order chi connectivity index (χ1) is 6.69. The third-order valence-corrected chi connectivity index (χ3v) is 1.97. The van der Waals surface area contributed by atoms with Crippen molar-refractivity contribution in [3.8, 4) is 0 Å². The first-order valence-electron chi connectivity index (χ1n) is 4.18. The van der Waals surface area contributed by atoms with E-state index in [0.717, 1.165) is 5.56 Å². The Morgan fingerprint density at radius 3 is 2.50 bits per heavy atom. The number of hydrogen-bond acceptors (Lipinski definition) is 2. The van der Waals surface area contributed by atoms with Gasteiger partial charge in [0.25, 0.3) is 5.69 Å². The lowest BCUT2D eigenvalue weighted by Crippen LogP contribution is -1.93. The second kappa shape index (κ2) is 4.37. The summed E-state index contributed by atoms with van der Waals surface area (Å²) >= 11 is 0. The Kier molecular flexibility index (Phi) is 3.18. The summed E-state index contributed by atoms with van der Waals surface area (Å²) in [7, 11) is 0. The molecule has 1 aromatic rings. The van der Waals surface area contributed by atoms with Crippen LogP contribution in [0.3, 0.4) is 0 Å². The highest BCUT2D eigenvalue weighted by Gasteiger charge is 2.08. The van der Waals surface area contributed by atoms with E-state index in [1.54, 1.807) is 18.2 Å². The van der Waals surface area contributed by atoms with E-state index in [0.29, 0.717) is 0 Å². The fourth-order valence-electron chi connectivity index (χ4n) is 1.21. The minimum absolute atomic E-state index is 0.0325. The Bertz CT molecular complexity index is 363. The monoisotopic (exact) mass is 189 g/mol. The van der Waals surface area contributed by atoms with E-state index in [-0.39, 0.29) is 11.6 Å². The van der Waals surface area contributed by atoms with E-state index in [4.69, 9.17) is 0 Å². The van der Waals surface area contributed by atoms with Gasteiger partial charge >= 0.3 is 0 Å². The number of nitro groups is 1. The van der Waals surface area contributed by atoms with E-state index < -0.39 is 4.92 Å². The molecule has 0 bridgehead atoms. The molecular formula is C11H11NO2. The number of allylic oxidation sites excluding steroid dienone is 2. The van der Waals surface area contributed by atoms with E-state index in [1.165, 1.54) is 12.1 Å². The van der Waals surface area contributed by atoms with E-state index in [1.807, 2.05) is 6.07 Å². The fourth-order valence-corrected chi connectivity index (χ4v) is 1.21. The van der Waals surface area contributed by atoms with E-state index in [2.05, 4.69) is 13.2 Å². The lowest BCUT2D eigenvalue weighted by molar-refractivity contribution is -0.384. The van der Waals surface area contributed by atoms with Gasteiger partial charge in [-0.25, -0.2) is 0 Å². The number of nitrogens with zero attached hydrogens (tertiary/aromatic N) is 1. The van der Waals surface area contributed by atoms with Crippen molar-refractivity contribution in [1.82, 2.24) is 0 Å². The molecule has 0 unspecified atom stereocenters. The van der Waals surface area contributed by atoms with Crippen LogP contribution in [0.4, 0.5) is 5.69 Å². The molecule has 0 N–H and O–H groups in total. The summed E-state index contributed by atoms with van der Waals surface area (Å²) in [6.07, 6.45) is 3.40. The number of nitro benzene ring substituents is 1. The summed E-state index contributed by atoms with van der Waals surface area (Å²) in [5.41, 5.74) is 0.931. The molecule has 0 heterocycles. The molecule has 0 aliphatic rings. The highest BCUT2D eigenvalue weighted by molar-refractivity contribution is 5.38. The van der Waals surface area contributed by atoms with Crippen molar-refractivity contribution in [3.05, 3.63) is 65.3 Å². The van der Waals surface area contributed by atoms with Gasteiger partial charge < -0.3 is 0 Å². The third kappa shape index (κ3) is 2.07. The van der Waals surface area contributed by atoms with Crippen LogP contribution in [0, 0.1) is 10.1 Å². The van der Waals surface area contributed by atoms with Crippen LogP contribution in [0.2, 0.25) is 0 Å². The Morgan fingerprint density at radius 2 is 2.00 bits per heavy atom. The zero-order valence-corrected chi connectivity index (χ0v) is 7.72. The quantitative estimate of drug-likeness (QED) is 0.415. The lowest BCUT2D eigenvalue weighted by Gasteiger charge is -2.06. The summed E-state index contributed by atoms with van der Waals surface area (Å²) in [6.45, 7) is 7.28. The number of benzene rings is 1. The molecule has 0 amide bonds. The highest BCUT2D eigenvalue weighted by atomic mass is 16.6. The molecule has 3 nitrogen and oxygen atoms in total. The van der Waals surface area contributed by atoms with Crippen LogP contribution in [-0.4, -0.2) is 4.92 Å². The van der Waals surface area contributed by atoms with Crippen LogP contribution in [0.5, 0.6) is 0 Å². The first-order valence-corrected chi connectivity index (χ1v) is 4.18. The fraction of sp³-hybridized carbons (Fsp3) is 0.0909. The third-order valence-electron chi connectivity index (χ3n) is 1.97. The van der Waals surface area contributed by atoms with Crippen LogP contribution in [0.1, 0.15) is 11.5 Å². The molecule has 0 saturated carbocycles. The molecule has 0 aliphatic carbocycles. The molecule has 0 aromatic heterocycles. The normalized spacial score (nSPS) is 9.79. The van der Waals surface area contributed by atoms with Crippen molar-refractivity contribution < 1.29 is 4.92 Å². The van der Waals surface area contributed by atoms with Crippen molar-refractivity contribution in [2.45, 2.75) is 5.92 Å². The maximum atomic E-state index is 10.5. The lowest BCUT2D eigenvalue weighted by atomic mass is 9.99. The average molecular weight is 189 g/mol. The molecule has 3 heteroatoms. The van der Waals surface area contributed by atoms with Crippen molar-refractivity contribution in [2.75, 3.05) is 0 Å². The second-order valence-electron chi connectivity index (χ2n) is 2.85. The van der Waals surface area contributed by atoms with Crippen LogP contribution < -0.4 is 0 Å². The van der Waals surface area contributed by atoms with Gasteiger partial charge in [-0.15, -0.1) is 13.2 Å². The molecule has 0 fully saturated rings. The molecule has 1 rings (SSSR count). The molecular weight excluding hydrogens is 178 g/mol. The van der Waals surface area contributed by atoms with Gasteiger partial charge in [0.15, 0.2) is 0 Å². The van der Waals surface area contributed by atoms with Crippen molar-refractivity contribution >= 4 is 5.69 Å². The maximum Gasteiger partial charge on any atom is 0.269 e. The van der Waals surface area contributed by atoms with Crippen LogP contribution in [-0.2, 0) is 0 Å². The number of hydrogen-bond donors (Lipinski definition) is 0. The van der Waals surface area contributed by atoms with Gasteiger partial charge in [-0.3, -0.25) is 10.1 Å². The van der Waals surface area contributed by atoms with Crippen LogP contribution in [0.15, 0.2) is 49.6 Å². The van der Waals surface area contributed by atoms with Gasteiger partial charge in [0.2, 0.25) is 0 Å².